The topological polar surface area (TPSA) is 36.9 Å². The van der Waals surface area contributed by atoms with Crippen molar-refractivity contribution in [3.05, 3.63) is 100 Å². The smallest absolute Gasteiger partial charge is 0.405 e. The average Bonchev–Trinajstić information content (AvgIpc) is 3.30. The van der Waals surface area contributed by atoms with E-state index < -0.39 is 12.7 Å². The molecule has 2 aliphatic rings. The van der Waals surface area contributed by atoms with Crippen LogP contribution in [0, 0.1) is 0 Å². The molecule has 2 aliphatic heterocycles. The number of allylic oxidation sites excluding steroid dienone is 4. The van der Waals surface area contributed by atoms with Crippen molar-refractivity contribution in [3.63, 3.8) is 0 Å². The predicted octanol–water partition coefficient (Wildman–Crippen LogP) is 7.44. The highest BCUT2D eigenvalue weighted by Crippen LogP contribution is 2.40. The molecule has 0 amide bonds. The van der Waals surface area contributed by atoms with Crippen molar-refractivity contribution in [3.8, 4) is 5.75 Å². The van der Waals surface area contributed by atoms with Crippen molar-refractivity contribution >= 4 is 29.1 Å². The summed E-state index contributed by atoms with van der Waals surface area (Å²) in [6.07, 6.45) is 2.16. The van der Waals surface area contributed by atoms with Crippen molar-refractivity contribution in [1.29, 1.82) is 0 Å². The van der Waals surface area contributed by atoms with Gasteiger partial charge in [0.15, 0.2) is 0 Å². The van der Waals surface area contributed by atoms with Gasteiger partial charge in [0.05, 0.1) is 6.61 Å². The van der Waals surface area contributed by atoms with E-state index in [0.29, 0.717) is 18.1 Å². The number of benzene rings is 2. The minimum atomic E-state index is -4.34. The van der Waals surface area contributed by atoms with Gasteiger partial charge in [-0.05, 0) is 66.5 Å². The number of hydrogen-bond donors (Lipinski definition) is 1. The third kappa shape index (κ3) is 5.85. The molecule has 2 aromatic carbocycles. The number of rotatable bonds is 7. The van der Waals surface area contributed by atoms with Gasteiger partial charge in [-0.3, -0.25) is 0 Å². The summed E-state index contributed by atoms with van der Waals surface area (Å²) >= 11 is 6.12. The fraction of sp³-hybridized carbons (Fsp3) is 0.250. The number of anilines is 1. The van der Waals surface area contributed by atoms with E-state index in [9.17, 15) is 13.2 Å². The second-order valence-electron chi connectivity index (χ2n) is 8.52. The highest BCUT2D eigenvalue weighted by molar-refractivity contribution is 6.30. The quantitative estimate of drug-likeness (QED) is 0.391. The maximum atomic E-state index is 12.8. The lowest BCUT2D eigenvalue weighted by molar-refractivity contribution is -0.123. The maximum Gasteiger partial charge on any atom is 0.405 e. The standard InChI is InChI=1S/C28H27ClF3N3O/c1-4-5-26(34-17-28(30,31)32)33-15-22-16-35(24-10-11-25-21(14-24)12-13-36-25)19(3)27(18(22)2)20-6-8-23(29)9-7-20/h5-11,14-16,34H,3-4,12-13,17H2,1-2H3/b26-5-,33-15?. The Kier molecular flexibility index (Phi) is 7.59. The van der Waals surface area contributed by atoms with Crippen LogP contribution in [0.4, 0.5) is 18.9 Å². The number of halogens is 4. The lowest BCUT2D eigenvalue weighted by atomic mass is 9.90. The van der Waals surface area contributed by atoms with Gasteiger partial charge in [0.1, 0.15) is 18.1 Å². The first kappa shape index (κ1) is 25.6. The van der Waals surface area contributed by atoms with Crippen LogP contribution < -0.4 is 15.0 Å². The number of nitrogens with one attached hydrogen (secondary N) is 1. The van der Waals surface area contributed by atoms with Gasteiger partial charge in [-0.1, -0.05) is 37.2 Å². The normalized spacial score (nSPS) is 16.4. The van der Waals surface area contributed by atoms with E-state index in [0.717, 1.165) is 51.4 Å². The molecule has 2 heterocycles. The van der Waals surface area contributed by atoms with Gasteiger partial charge in [0, 0.05) is 46.4 Å². The number of ether oxygens (including phenoxy) is 1. The second-order valence-corrected chi connectivity index (χ2v) is 8.96. The highest BCUT2D eigenvalue weighted by Gasteiger charge is 2.27. The third-order valence-electron chi connectivity index (χ3n) is 5.95. The molecular weight excluding hydrogens is 487 g/mol. The second kappa shape index (κ2) is 10.7. The molecule has 0 radical (unpaired) electrons. The molecule has 0 fully saturated rings. The van der Waals surface area contributed by atoms with Crippen LogP contribution in [-0.2, 0) is 6.42 Å². The van der Waals surface area contributed by atoms with E-state index >= 15 is 0 Å². The molecule has 0 atom stereocenters. The summed E-state index contributed by atoms with van der Waals surface area (Å²) in [7, 11) is 0. The van der Waals surface area contributed by atoms with Gasteiger partial charge in [-0.15, -0.1) is 0 Å². The average molecular weight is 514 g/mol. The summed E-state index contributed by atoms with van der Waals surface area (Å²) in [5, 5.41) is 3.00. The van der Waals surface area contributed by atoms with E-state index in [2.05, 4.69) is 23.0 Å². The molecule has 0 saturated heterocycles. The Bertz CT molecular complexity index is 1270. The number of fused-ring (bicyclic) bond motifs is 1. The maximum absolute atomic E-state index is 12.8. The third-order valence-corrected chi connectivity index (χ3v) is 6.20. The molecule has 0 saturated carbocycles. The Hall–Kier alpha value is -3.45. The molecule has 4 nitrogen and oxygen atoms in total. The molecule has 1 N–H and O–H groups in total. The molecule has 8 heteroatoms. The minimum absolute atomic E-state index is 0.169. The van der Waals surface area contributed by atoms with Crippen LogP contribution in [0.2, 0.25) is 5.02 Å². The van der Waals surface area contributed by atoms with Crippen molar-refractivity contribution in [1.82, 2.24) is 5.32 Å². The summed E-state index contributed by atoms with van der Waals surface area (Å²) in [6.45, 7) is 7.67. The van der Waals surface area contributed by atoms with E-state index in [1.54, 1.807) is 12.3 Å². The van der Waals surface area contributed by atoms with Gasteiger partial charge in [-0.25, -0.2) is 4.99 Å². The first-order chi connectivity index (χ1) is 17.2. The zero-order valence-electron chi connectivity index (χ0n) is 20.1. The van der Waals surface area contributed by atoms with Crippen molar-refractivity contribution in [2.24, 2.45) is 4.99 Å². The molecule has 0 aliphatic carbocycles. The summed E-state index contributed by atoms with van der Waals surface area (Å²) in [4.78, 5) is 6.34. The fourth-order valence-corrected chi connectivity index (χ4v) is 4.30. The Morgan fingerprint density at radius 1 is 1.22 bits per heavy atom. The Morgan fingerprint density at radius 2 is 1.97 bits per heavy atom. The van der Waals surface area contributed by atoms with Crippen molar-refractivity contribution in [2.45, 2.75) is 32.9 Å². The van der Waals surface area contributed by atoms with E-state index in [1.165, 1.54) is 0 Å². The van der Waals surface area contributed by atoms with Gasteiger partial charge in [0.25, 0.3) is 0 Å². The van der Waals surface area contributed by atoms with Crippen LogP contribution in [0.15, 0.2) is 89.0 Å². The van der Waals surface area contributed by atoms with Crippen LogP contribution in [0.1, 0.15) is 31.4 Å². The molecule has 0 spiro atoms. The van der Waals surface area contributed by atoms with E-state index in [4.69, 9.17) is 16.3 Å². The molecule has 188 valence electrons. The molecule has 0 bridgehead atoms. The molecule has 0 unspecified atom stereocenters. The van der Waals surface area contributed by atoms with E-state index in [1.807, 2.05) is 61.3 Å². The Labute approximate surface area is 214 Å². The van der Waals surface area contributed by atoms with Crippen LogP contribution in [-0.4, -0.2) is 25.5 Å². The first-order valence-electron chi connectivity index (χ1n) is 11.6. The Balaban J connectivity index is 1.75. The summed E-state index contributed by atoms with van der Waals surface area (Å²) in [5.41, 5.74) is 6.27. The van der Waals surface area contributed by atoms with Crippen LogP contribution >= 0.6 is 11.6 Å². The van der Waals surface area contributed by atoms with Gasteiger partial charge in [-0.2, -0.15) is 13.2 Å². The number of alkyl halides is 3. The van der Waals surface area contributed by atoms with Gasteiger partial charge < -0.3 is 15.0 Å². The number of nitrogens with zero attached hydrogens (tertiary/aromatic N) is 2. The SMILES string of the molecule is C=C1C(c2ccc(Cl)cc2)=C(C)C(C=N/C(=C/CC)NCC(F)(F)F)=CN1c1ccc2c(c1)CCO2. The highest BCUT2D eigenvalue weighted by atomic mass is 35.5. The summed E-state index contributed by atoms with van der Waals surface area (Å²) in [6, 6.07) is 13.5. The Morgan fingerprint density at radius 3 is 2.67 bits per heavy atom. The molecule has 36 heavy (non-hydrogen) atoms. The summed E-state index contributed by atoms with van der Waals surface area (Å²) < 4.78 is 43.9. The lowest BCUT2D eigenvalue weighted by Gasteiger charge is -2.32. The number of aliphatic imine (C=N–C) groups is 1. The van der Waals surface area contributed by atoms with Crippen LogP contribution in [0.5, 0.6) is 5.75 Å². The largest absolute Gasteiger partial charge is 0.493 e. The van der Waals surface area contributed by atoms with Gasteiger partial charge in [0.2, 0.25) is 0 Å². The van der Waals surface area contributed by atoms with Crippen LogP contribution in [0.25, 0.3) is 5.57 Å². The number of hydrogen-bond acceptors (Lipinski definition) is 4. The lowest BCUT2D eigenvalue weighted by Crippen LogP contribution is -2.28. The molecule has 2 aromatic rings. The van der Waals surface area contributed by atoms with Crippen LogP contribution in [0.3, 0.4) is 0 Å². The minimum Gasteiger partial charge on any atom is -0.493 e. The zero-order valence-corrected chi connectivity index (χ0v) is 20.9. The molecule has 0 aromatic heterocycles. The zero-order chi connectivity index (χ0) is 25.9. The van der Waals surface area contributed by atoms with Gasteiger partial charge >= 0.3 is 6.18 Å². The summed E-state index contributed by atoms with van der Waals surface area (Å²) in [5.74, 6) is 1.05. The monoisotopic (exact) mass is 513 g/mol. The fourth-order valence-electron chi connectivity index (χ4n) is 4.17. The predicted molar refractivity (Wildman–Crippen MR) is 140 cm³/mol. The molecular formula is C28H27ClF3N3O. The van der Waals surface area contributed by atoms with Crippen molar-refractivity contribution < 1.29 is 17.9 Å². The van der Waals surface area contributed by atoms with E-state index in [-0.39, 0.29) is 5.82 Å². The molecule has 4 rings (SSSR count). The van der Waals surface area contributed by atoms with Crippen molar-refractivity contribution in [2.75, 3.05) is 18.1 Å². The first-order valence-corrected chi connectivity index (χ1v) is 12.0.